The van der Waals surface area contributed by atoms with E-state index in [4.69, 9.17) is 9.05 Å². The molecule has 102 valence electrons. The lowest BCUT2D eigenvalue weighted by Gasteiger charge is -2.19. The molecule has 0 bridgehead atoms. The van der Waals surface area contributed by atoms with Crippen LogP contribution >= 0.6 is 7.60 Å². The molecule has 0 saturated carbocycles. The second kappa shape index (κ2) is 6.51. The van der Waals surface area contributed by atoms with E-state index < -0.39 is 7.60 Å². The topological polar surface area (TPSA) is 35.5 Å². The molecule has 4 heteroatoms. The number of aryl methyl sites for hydroxylation is 3. The number of rotatable bonds is 6. The zero-order chi connectivity index (χ0) is 13.8. The minimum Gasteiger partial charge on any atom is -0.309 e. The minimum atomic E-state index is -3.01. The molecule has 18 heavy (non-hydrogen) atoms. The van der Waals surface area contributed by atoms with Crippen LogP contribution in [0.2, 0.25) is 0 Å². The Hall–Kier alpha value is -0.630. The van der Waals surface area contributed by atoms with Gasteiger partial charge in [0.2, 0.25) is 0 Å². The molecule has 0 aliphatic rings. The van der Waals surface area contributed by atoms with Gasteiger partial charge in [0.1, 0.15) is 0 Å². The van der Waals surface area contributed by atoms with E-state index in [1.807, 2.05) is 27.7 Å². The highest BCUT2D eigenvalue weighted by Crippen LogP contribution is 2.52. The molecular formula is C14H23O3P. The van der Waals surface area contributed by atoms with Gasteiger partial charge in [0.05, 0.1) is 19.4 Å². The standard InChI is InChI=1S/C14H23O3P/c1-6-16-18(15,17-7-2)10-14-12(4)8-11(3)9-13(14)5/h8-9H,6-7,10H2,1-5H3. The molecule has 0 aliphatic carbocycles. The zero-order valence-electron chi connectivity index (χ0n) is 11.9. The molecule has 0 saturated heterocycles. The van der Waals surface area contributed by atoms with Crippen LogP contribution in [0.15, 0.2) is 12.1 Å². The fourth-order valence-corrected chi connectivity index (χ4v) is 4.10. The molecule has 0 radical (unpaired) electrons. The van der Waals surface area contributed by atoms with Crippen LogP contribution in [0.4, 0.5) is 0 Å². The summed E-state index contributed by atoms with van der Waals surface area (Å²) in [5.41, 5.74) is 4.58. The zero-order valence-corrected chi connectivity index (χ0v) is 12.8. The summed E-state index contributed by atoms with van der Waals surface area (Å²) in [6, 6.07) is 4.20. The molecule has 1 aromatic rings. The smallest absolute Gasteiger partial charge is 0.309 e. The van der Waals surface area contributed by atoms with Gasteiger partial charge in [-0.25, -0.2) is 0 Å². The van der Waals surface area contributed by atoms with E-state index in [0.29, 0.717) is 19.4 Å². The predicted molar refractivity (Wildman–Crippen MR) is 75.2 cm³/mol. The van der Waals surface area contributed by atoms with Gasteiger partial charge in [0.15, 0.2) is 0 Å². The van der Waals surface area contributed by atoms with E-state index in [0.717, 1.165) is 16.7 Å². The summed E-state index contributed by atoms with van der Waals surface area (Å²) < 4.78 is 23.2. The van der Waals surface area contributed by atoms with Crippen molar-refractivity contribution in [3.05, 3.63) is 34.4 Å². The van der Waals surface area contributed by atoms with E-state index in [9.17, 15) is 4.57 Å². The summed E-state index contributed by atoms with van der Waals surface area (Å²) in [4.78, 5) is 0. The first-order chi connectivity index (χ1) is 8.41. The van der Waals surface area contributed by atoms with Crippen molar-refractivity contribution < 1.29 is 13.6 Å². The fourth-order valence-electron chi connectivity index (χ4n) is 2.17. The Bertz CT molecular complexity index is 421. The Kier molecular flexibility index (Phi) is 5.58. The van der Waals surface area contributed by atoms with Crippen LogP contribution in [0.3, 0.4) is 0 Å². The van der Waals surface area contributed by atoms with Crippen LogP contribution in [-0.4, -0.2) is 13.2 Å². The Labute approximate surface area is 110 Å². The second-order valence-electron chi connectivity index (χ2n) is 4.48. The van der Waals surface area contributed by atoms with Gasteiger partial charge in [-0.3, -0.25) is 4.57 Å². The minimum absolute atomic E-state index is 0.354. The Morgan fingerprint density at radius 3 is 1.83 bits per heavy atom. The number of hydrogen-bond acceptors (Lipinski definition) is 3. The van der Waals surface area contributed by atoms with Crippen LogP contribution in [0.5, 0.6) is 0 Å². The van der Waals surface area contributed by atoms with Crippen molar-refractivity contribution in [1.82, 2.24) is 0 Å². The lowest BCUT2D eigenvalue weighted by atomic mass is 10.0. The van der Waals surface area contributed by atoms with Gasteiger partial charge in [-0.05, 0) is 51.3 Å². The van der Waals surface area contributed by atoms with Gasteiger partial charge < -0.3 is 9.05 Å². The molecule has 0 unspecified atom stereocenters. The van der Waals surface area contributed by atoms with Gasteiger partial charge in [0, 0.05) is 0 Å². The molecule has 0 amide bonds. The van der Waals surface area contributed by atoms with Crippen LogP contribution in [-0.2, 0) is 19.8 Å². The maximum atomic E-state index is 12.5. The first kappa shape index (κ1) is 15.4. The Morgan fingerprint density at radius 2 is 1.44 bits per heavy atom. The molecule has 0 atom stereocenters. The van der Waals surface area contributed by atoms with Crippen LogP contribution in [0.1, 0.15) is 36.1 Å². The summed E-state index contributed by atoms with van der Waals surface area (Å²) >= 11 is 0. The van der Waals surface area contributed by atoms with E-state index in [1.54, 1.807) is 0 Å². The van der Waals surface area contributed by atoms with Crippen molar-refractivity contribution >= 4 is 7.60 Å². The molecule has 0 aliphatic heterocycles. The van der Waals surface area contributed by atoms with Gasteiger partial charge in [-0.1, -0.05) is 17.7 Å². The van der Waals surface area contributed by atoms with Crippen LogP contribution in [0, 0.1) is 20.8 Å². The van der Waals surface area contributed by atoms with Crippen molar-refractivity contribution in [2.24, 2.45) is 0 Å². The normalized spacial score (nSPS) is 11.8. The Morgan fingerprint density at radius 1 is 1.00 bits per heavy atom. The van der Waals surface area contributed by atoms with E-state index in [1.165, 1.54) is 5.56 Å². The fraction of sp³-hybridized carbons (Fsp3) is 0.571. The number of benzene rings is 1. The van der Waals surface area contributed by atoms with Gasteiger partial charge in [0.25, 0.3) is 0 Å². The first-order valence-electron chi connectivity index (χ1n) is 6.36. The van der Waals surface area contributed by atoms with Crippen LogP contribution < -0.4 is 0 Å². The molecule has 0 N–H and O–H groups in total. The third-order valence-corrected chi connectivity index (χ3v) is 4.85. The van der Waals surface area contributed by atoms with Crippen molar-refractivity contribution in [3.8, 4) is 0 Å². The van der Waals surface area contributed by atoms with E-state index in [-0.39, 0.29) is 0 Å². The lowest BCUT2D eigenvalue weighted by Crippen LogP contribution is -2.02. The maximum absolute atomic E-state index is 12.5. The highest BCUT2D eigenvalue weighted by atomic mass is 31.2. The average molecular weight is 270 g/mol. The van der Waals surface area contributed by atoms with Gasteiger partial charge >= 0.3 is 7.60 Å². The maximum Gasteiger partial charge on any atom is 0.335 e. The quantitative estimate of drug-likeness (QED) is 0.720. The molecule has 0 aromatic heterocycles. The van der Waals surface area contributed by atoms with E-state index >= 15 is 0 Å². The summed E-state index contributed by atoms with van der Waals surface area (Å²) in [6.45, 7) is 10.6. The molecule has 3 nitrogen and oxygen atoms in total. The Balaban J connectivity index is 3.04. The second-order valence-corrected chi connectivity index (χ2v) is 6.54. The summed E-state index contributed by atoms with van der Waals surface area (Å²) in [6.07, 6.45) is 0.354. The molecule has 0 fully saturated rings. The highest BCUT2D eigenvalue weighted by molar-refractivity contribution is 7.53. The largest absolute Gasteiger partial charge is 0.335 e. The van der Waals surface area contributed by atoms with Crippen molar-refractivity contribution in [3.63, 3.8) is 0 Å². The van der Waals surface area contributed by atoms with Crippen molar-refractivity contribution in [1.29, 1.82) is 0 Å². The SMILES string of the molecule is CCOP(=O)(Cc1c(C)cc(C)cc1C)OCC. The highest BCUT2D eigenvalue weighted by Gasteiger charge is 2.25. The lowest BCUT2D eigenvalue weighted by molar-refractivity contribution is 0.219. The number of hydrogen-bond donors (Lipinski definition) is 0. The monoisotopic (exact) mass is 270 g/mol. The van der Waals surface area contributed by atoms with Gasteiger partial charge in [-0.15, -0.1) is 0 Å². The average Bonchev–Trinajstić information content (AvgIpc) is 2.24. The van der Waals surface area contributed by atoms with Crippen molar-refractivity contribution in [2.45, 2.75) is 40.8 Å². The predicted octanol–water partition coefficient (Wildman–Crippen LogP) is 4.38. The van der Waals surface area contributed by atoms with Crippen molar-refractivity contribution in [2.75, 3.05) is 13.2 Å². The molecule has 0 heterocycles. The van der Waals surface area contributed by atoms with Crippen LogP contribution in [0.25, 0.3) is 0 Å². The molecular weight excluding hydrogens is 247 g/mol. The first-order valence-corrected chi connectivity index (χ1v) is 8.09. The summed E-state index contributed by atoms with van der Waals surface area (Å²) in [5, 5.41) is 0. The van der Waals surface area contributed by atoms with E-state index in [2.05, 4.69) is 19.1 Å². The third-order valence-electron chi connectivity index (χ3n) is 2.84. The van der Waals surface area contributed by atoms with Gasteiger partial charge in [-0.2, -0.15) is 0 Å². The molecule has 1 rings (SSSR count). The third kappa shape index (κ3) is 3.94. The molecule has 1 aromatic carbocycles. The molecule has 0 spiro atoms. The summed E-state index contributed by atoms with van der Waals surface area (Å²) in [5.74, 6) is 0. The summed E-state index contributed by atoms with van der Waals surface area (Å²) in [7, 11) is -3.01.